The summed E-state index contributed by atoms with van der Waals surface area (Å²) in [6, 6.07) is 0.777. The Morgan fingerprint density at radius 1 is 1.47 bits per heavy atom. The Hall–Kier alpha value is -0.610. The van der Waals surface area contributed by atoms with Crippen molar-refractivity contribution < 1.29 is 0 Å². The quantitative estimate of drug-likeness (QED) is 0.772. The average Bonchev–Trinajstić information content (AvgIpc) is 3.07. The van der Waals surface area contributed by atoms with Gasteiger partial charge >= 0.3 is 0 Å². The molecule has 1 heterocycles. The van der Waals surface area contributed by atoms with Crippen molar-refractivity contribution in [3.05, 3.63) is 11.1 Å². The van der Waals surface area contributed by atoms with Crippen LogP contribution in [0.1, 0.15) is 44.4 Å². The molecule has 96 valence electrons. The van der Waals surface area contributed by atoms with Gasteiger partial charge in [-0.2, -0.15) is 0 Å². The highest BCUT2D eigenvalue weighted by molar-refractivity contribution is 7.15. The SMILES string of the molecule is CCCCN(c1ncc(CNCC)s1)C1CC1. The van der Waals surface area contributed by atoms with Crippen LogP contribution in [0.15, 0.2) is 6.20 Å². The molecule has 0 radical (unpaired) electrons. The summed E-state index contributed by atoms with van der Waals surface area (Å²) in [5, 5.41) is 4.59. The predicted octanol–water partition coefficient (Wildman–Crippen LogP) is 3.02. The minimum Gasteiger partial charge on any atom is -0.345 e. The minimum absolute atomic E-state index is 0.777. The lowest BCUT2D eigenvalue weighted by Gasteiger charge is -2.20. The molecule has 0 atom stereocenters. The van der Waals surface area contributed by atoms with Gasteiger partial charge in [-0.3, -0.25) is 0 Å². The standard InChI is InChI=1S/C13H23N3S/c1-3-5-8-16(11-6-7-11)13-15-10-12(17-13)9-14-4-2/h10-11,14H,3-9H2,1-2H3. The molecule has 1 aromatic heterocycles. The van der Waals surface area contributed by atoms with Crippen molar-refractivity contribution in [2.24, 2.45) is 0 Å². The van der Waals surface area contributed by atoms with Crippen LogP contribution in [0, 0.1) is 0 Å². The normalized spacial score (nSPS) is 15.2. The summed E-state index contributed by atoms with van der Waals surface area (Å²) in [6.45, 7) is 7.55. The molecule has 0 bridgehead atoms. The van der Waals surface area contributed by atoms with Crippen molar-refractivity contribution in [1.82, 2.24) is 10.3 Å². The van der Waals surface area contributed by atoms with Gasteiger partial charge in [-0.15, -0.1) is 11.3 Å². The van der Waals surface area contributed by atoms with Crippen LogP contribution in [0.5, 0.6) is 0 Å². The molecule has 1 aliphatic carbocycles. The van der Waals surface area contributed by atoms with Gasteiger partial charge in [-0.05, 0) is 25.8 Å². The molecule has 0 unspecified atom stereocenters. The molecule has 0 aromatic carbocycles. The lowest BCUT2D eigenvalue weighted by molar-refractivity contribution is 0.711. The van der Waals surface area contributed by atoms with Crippen molar-refractivity contribution in [2.75, 3.05) is 18.0 Å². The van der Waals surface area contributed by atoms with E-state index in [0.717, 1.165) is 19.1 Å². The summed E-state index contributed by atoms with van der Waals surface area (Å²) in [7, 11) is 0. The molecule has 1 aromatic rings. The largest absolute Gasteiger partial charge is 0.345 e. The molecule has 0 saturated heterocycles. The summed E-state index contributed by atoms with van der Waals surface area (Å²) in [5.41, 5.74) is 0. The molecule has 1 saturated carbocycles. The van der Waals surface area contributed by atoms with Crippen LogP contribution in [0.4, 0.5) is 5.13 Å². The molecule has 17 heavy (non-hydrogen) atoms. The summed E-state index contributed by atoms with van der Waals surface area (Å²) < 4.78 is 0. The second kappa shape index (κ2) is 6.36. The number of thiazole rings is 1. The van der Waals surface area contributed by atoms with E-state index in [1.165, 1.54) is 42.2 Å². The second-order valence-electron chi connectivity index (χ2n) is 4.67. The molecule has 3 nitrogen and oxygen atoms in total. The lowest BCUT2D eigenvalue weighted by atomic mass is 10.3. The first-order valence-electron chi connectivity index (χ1n) is 6.77. The average molecular weight is 253 g/mol. The Bertz CT molecular complexity index is 333. The second-order valence-corrected chi connectivity index (χ2v) is 5.76. The number of nitrogens with one attached hydrogen (secondary N) is 1. The van der Waals surface area contributed by atoms with Gasteiger partial charge in [0.15, 0.2) is 5.13 Å². The maximum absolute atomic E-state index is 4.59. The third-order valence-corrected chi connectivity index (χ3v) is 4.11. The van der Waals surface area contributed by atoms with E-state index in [9.17, 15) is 0 Å². The number of aromatic nitrogens is 1. The van der Waals surface area contributed by atoms with E-state index < -0.39 is 0 Å². The van der Waals surface area contributed by atoms with Gasteiger partial charge in [0.1, 0.15) is 0 Å². The zero-order valence-electron chi connectivity index (χ0n) is 10.9. The lowest BCUT2D eigenvalue weighted by Crippen LogP contribution is -2.26. The Kier molecular flexibility index (Phi) is 4.80. The molecule has 2 rings (SSSR count). The monoisotopic (exact) mass is 253 g/mol. The fraction of sp³-hybridized carbons (Fsp3) is 0.769. The summed E-state index contributed by atoms with van der Waals surface area (Å²) in [5.74, 6) is 0. The van der Waals surface area contributed by atoms with Crippen LogP contribution in [-0.4, -0.2) is 24.1 Å². The summed E-state index contributed by atoms with van der Waals surface area (Å²) in [6.07, 6.45) is 7.28. The van der Waals surface area contributed by atoms with E-state index in [0.29, 0.717) is 0 Å². The van der Waals surface area contributed by atoms with E-state index in [1.807, 2.05) is 17.5 Å². The number of hydrogen-bond donors (Lipinski definition) is 1. The van der Waals surface area contributed by atoms with Gasteiger partial charge in [-0.25, -0.2) is 4.98 Å². The zero-order valence-corrected chi connectivity index (χ0v) is 11.7. The highest BCUT2D eigenvalue weighted by atomic mass is 32.1. The van der Waals surface area contributed by atoms with Crippen molar-refractivity contribution in [3.8, 4) is 0 Å². The van der Waals surface area contributed by atoms with Crippen molar-refractivity contribution in [3.63, 3.8) is 0 Å². The van der Waals surface area contributed by atoms with Crippen molar-refractivity contribution >= 4 is 16.5 Å². The van der Waals surface area contributed by atoms with E-state index in [4.69, 9.17) is 0 Å². The maximum atomic E-state index is 4.59. The summed E-state index contributed by atoms with van der Waals surface area (Å²) >= 11 is 1.85. The van der Waals surface area contributed by atoms with Crippen LogP contribution in [0.25, 0.3) is 0 Å². The van der Waals surface area contributed by atoms with Crippen LogP contribution in [0.3, 0.4) is 0 Å². The number of hydrogen-bond acceptors (Lipinski definition) is 4. The van der Waals surface area contributed by atoms with Gasteiger partial charge in [0.05, 0.1) is 0 Å². The Labute approximate surface area is 108 Å². The van der Waals surface area contributed by atoms with Crippen molar-refractivity contribution in [2.45, 2.75) is 52.1 Å². The third kappa shape index (κ3) is 3.68. The van der Waals surface area contributed by atoms with Gasteiger partial charge < -0.3 is 10.2 Å². The highest BCUT2D eigenvalue weighted by Gasteiger charge is 2.30. The molecule has 1 aliphatic rings. The predicted molar refractivity (Wildman–Crippen MR) is 74.8 cm³/mol. The molecule has 0 amide bonds. The number of anilines is 1. The van der Waals surface area contributed by atoms with Crippen LogP contribution < -0.4 is 10.2 Å². The van der Waals surface area contributed by atoms with E-state index in [2.05, 4.69) is 29.0 Å². The molecular weight excluding hydrogens is 230 g/mol. The summed E-state index contributed by atoms with van der Waals surface area (Å²) in [4.78, 5) is 8.46. The maximum Gasteiger partial charge on any atom is 0.185 e. The molecule has 1 fully saturated rings. The van der Waals surface area contributed by atoms with Gasteiger partial charge in [0.2, 0.25) is 0 Å². The number of unbranched alkanes of at least 4 members (excludes halogenated alkanes) is 1. The van der Waals surface area contributed by atoms with E-state index >= 15 is 0 Å². The first-order chi connectivity index (χ1) is 8.35. The number of rotatable bonds is 8. The van der Waals surface area contributed by atoms with E-state index in [1.54, 1.807) is 0 Å². The molecule has 0 aliphatic heterocycles. The molecule has 4 heteroatoms. The van der Waals surface area contributed by atoms with Crippen molar-refractivity contribution in [1.29, 1.82) is 0 Å². The molecule has 0 spiro atoms. The number of nitrogens with zero attached hydrogens (tertiary/aromatic N) is 2. The first-order valence-corrected chi connectivity index (χ1v) is 7.58. The fourth-order valence-corrected chi connectivity index (χ4v) is 2.89. The van der Waals surface area contributed by atoms with E-state index in [-0.39, 0.29) is 0 Å². The van der Waals surface area contributed by atoms with Crippen LogP contribution in [-0.2, 0) is 6.54 Å². The topological polar surface area (TPSA) is 28.2 Å². The Morgan fingerprint density at radius 3 is 2.94 bits per heavy atom. The molecule has 1 N–H and O–H groups in total. The van der Waals surface area contributed by atoms with Crippen LogP contribution in [0.2, 0.25) is 0 Å². The minimum atomic E-state index is 0.777. The Balaban J connectivity index is 1.94. The van der Waals surface area contributed by atoms with Crippen LogP contribution >= 0.6 is 11.3 Å². The smallest absolute Gasteiger partial charge is 0.185 e. The fourth-order valence-electron chi connectivity index (χ4n) is 1.91. The molecular formula is C13H23N3S. The van der Waals surface area contributed by atoms with Gasteiger partial charge in [-0.1, -0.05) is 20.3 Å². The van der Waals surface area contributed by atoms with Gasteiger partial charge in [0.25, 0.3) is 0 Å². The first kappa shape index (κ1) is 12.8. The highest BCUT2D eigenvalue weighted by Crippen LogP contribution is 2.34. The third-order valence-electron chi connectivity index (χ3n) is 3.08. The van der Waals surface area contributed by atoms with Gasteiger partial charge in [0, 0.05) is 30.2 Å². The zero-order chi connectivity index (χ0) is 12.1. The Morgan fingerprint density at radius 2 is 2.29 bits per heavy atom.